The Balaban J connectivity index is 1.55. The Bertz CT molecular complexity index is 1210. The van der Waals surface area contributed by atoms with Crippen LogP contribution < -0.4 is 15.8 Å². The first-order valence-corrected chi connectivity index (χ1v) is 10.2. The summed E-state index contributed by atoms with van der Waals surface area (Å²) in [5, 5.41) is 2.25. The number of carbonyl (C=O) groups excluding carboxylic acids is 1. The molecule has 1 amide bonds. The van der Waals surface area contributed by atoms with Crippen LogP contribution in [0.15, 0.2) is 35.5 Å². The monoisotopic (exact) mass is 522 g/mol. The van der Waals surface area contributed by atoms with Gasteiger partial charge in [-0.25, -0.2) is 31.9 Å². The first-order chi connectivity index (χ1) is 16.9. The molecule has 36 heavy (non-hydrogen) atoms. The molecule has 1 saturated heterocycles. The first-order valence-electron chi connectivity index (χ1n) is 10.2. The predicted molar refractivity (Wildman–Crippen MR) is 109 cm³/mol. The molecule has 1 aromatic heterocycles. The number of fused-ring (bicyclic) bond motifs is 1. The number of halogens is 7. The van der Waals surface area contributed by atoms with Crippen molar-refractivity contribution in [3.63, 3.8) is 0 Å². The smallest absolute Gasteiger partial charge is 0.340 e. The van der Waals surface area contributed by atoms with E-state index in [1.54, 1.807) is 0 Å². The molecule has 3 heterocycles. The molecular weight excluding hydrogens is 505 g/mol. The SMILES string of the molecule is NC1=NC2(c3cc(NC(=O)c4ncc(OCC(F)(F)C(F)F)cc4F)ccc3F)COCC2(F)CO1. The molecule has 1 fully saturated rings. The zero-order valence-electron chi connectivity index (χ0n) is 18.0. The molecule has 0 spiro atoms. The van der Waals surface area contributed by atoms with E-state index in [0.717, 1.165) is 18.2 Å². The van der Waals surface area contributed by atoms with Crippen LogP contribution in [0.1, 0.15) is 16.1 Å². The predicted octanol–water partition coefficient (Wildman–Crippen LogP) is 3.17. The molecule has 2 unspecified atom stereocenters. The molecule has 3 N–H and O–H groups in total. The summed E-state index contributed by atoms with van der Waals surface area (Å²) in [4.78, 5) is 20.0. The number of carbonyl (C=O) groups is 1. The molecule has 0 saturated carbocycles. The van der Waals surface area contributed by atoms with Crippen molar-refractivity contribution in [1.82, 2.24) is 4.98 Å². The molecule has 2 aliphatic heterocycles. The fourth-order valence-electron chi connectivity index (χ4n) is 3.71. The number of nitrogens with one attached hydrogen (secondary N) is 1. The Morgan fingerprint density at radius 2 is 1.94 bits per heavy atom. The molecule has 8 nitrogen and oxygen atoms in total. The highest BCUT2D eigenvalue weighted by atomic mass is 19.3. The van der Waals surface area contributed by atoms with Crippen molar-refractivity contribution in [2.75, 3.05) is 31.7 Å². The topological polar surface area (TPSA) is 108 Å². The van der Waals surface area contributed by atoms with E-state index >= 15 is 4.39 Å². The van der Waals surface area contributed by atoms with Crippen LogP contribution in [-0.2, 0) is 15.0 Å². The second kappa shape index (κ2) is 9.11. The molecule has 1 aromatic carbocycles. The third-order valence-electron chi connectivity index (χ3n) is 5.58. The fraction of sp³-hybridized carbons (Fsp3) is 0.381. The summed E-state index contributed by atoms with van der Waals surface area (Å²) in [6.07, 6.45) is -3.32. The van der Waals surface area contributed by atoms with Crippen LogP contribution in [0.3, 0.4) is 0 Å². The summed E-state index contributed by atoms with van der Waals surface area (Å²) in [5.41, 5.74) is 0.204. The number of nitrogens with zero attached hydrogens (tertiary/aromatic N) is 2. The molecule has 2 aliphatic rings. The number of alkyl halides is 5. The number of rotatable bonds is 7. The summed E-state index contributed by atoms with van der Waals surface area (Å²) in [6, 6.07) is 3.22. The Morgan fingerprint density at radius 3 is 2.64 bits per heavy atom. The number of anilines is 1. The van der Waals surface area contributed by atoms with Crippen molar-refractivity contribution in [1.29, 1.82) is 0 Å². The van der Waals surface area contributed by atoms with E-state index in [2.05, 4.69) is 20.0 Å². The highest BCUT2D eigenvalue weighted by molar-refractivity contribution is 6.03. The largest absolute Gasteiger partial charge is 0.485 e. The van der Waals surface area contributed by atoms with Crippen molar-refractivity contribution in [2.45, 2.75) is 23.6 Å². The lowest BCUT2D eigenvalue weighted by atomic mass is 9.78. The third kappa shape index (κ3) is 4.50. The van der Waals surface area contributed by atoms with Gasteiger partial charge >= 0.3 is 12.3 Å². The Morgan fingerprint density at radius 1 is 1.19 bits per heavy atom. The minimum Gasteiger partial charge on any atom is -0.485 e. The van der Waals surface area contributed by atoms with Gasteiger partial charge in [0, 0.05) is 17.3 Å². The highest BCUT2D eigenvalue weighted by Crippen LogP contribution is 2.48. The van der Waals surface area contributed by atoms with Gasteiger partial charge in [-0.3, -0.25) is 4.79 Å². The molecular formula is C21H17F7N4O4. The van der Waals surface area contributed by atoms with E-state index in [0.29, 0.717) is 12.3 Å². The number of hydrogen-bond acceptors (Lipinski definition) is 7. The maximum absolute atomic E-state index is 15.6. The van der Waals surface area contributed by atoms with E-state index in [-0.39, 0.29) is 23.9 Å². The molecule has 2 aromatic rings. The maximum Gasteiger partial charge on any atom is 0.340 e. The average molecular weight is 522 g/mol. The van der Waals surface area contributed by atoms with Crippen LogP contribution in [0.2, 0.25) is 0 Å². The molecule has 194 valence electrons. The van der Waals surface area contributed by atoms with Gasteiger partial charge in [0.1, 0.15) is 18.2 Å². The fourth-order valence-corrected chi connectivity index (χ4v) is 3.71. The van der Waals surface area contributed by atoms with Gasteiger partial charge in [0.25, 0.3) is 11.9 Å². The van der Waals surface area contributed by atoms with E-state index < -0.39 is 72.4 Å². The number of amidine groups is 1. The Kier molecular flexibility index (Phi) is 6.45. The number of hydrogen-bond donors (Lipinski definition) is 2. The van der Waals surface area contributed by atoms with Crippen molar-refractivity contribution >= 4 is 17.6 Å². The standard InChI is InChI=1S/C21H17F7N4O4/c22-13-2-1-10(3-12(13)20-8-34-6-19(20,26)7-36-18(29)32-20)31-16(33)15-14(23)4-11(5-30-15)35-9-21(27,28)17(24)25/h1-5,17H,6-9H2,(H2,29,32)(H,31,33). The number of amides is 1. The second-order valence-corrected chi connectivity index (χ2v) is 8.06. The highest BCUT2D eigenvalue weighted by Gasteiger charge is 2.62. The van der Waals surface area contributed by atoms with Gasteiger partial charge in [-0.15, -0.1) is 0 Å². The quantitative estimate of drug-likeness (QED) is 0.541. The lowest BCUT2D eigenvalue weighted by molar-refractivity contribution is -0.148. The average Bonchev–Trinajstić information content (AvgIpc) is 3.16. The number of aromatic nitrogens is 1. The van der Waals surface area contributed by atoms with Crippen molar-refractivity contribution in [3.05, 3.63) is 53.4 Å². The van der Waals surface area contributed by atoms with Crippen LogP contribution in [0.5, 0.6) is 5.75 Å². The molecule has 0 radical (unpaired) electrons. The van der Waals surface area contributed by atoms with Gasteiger partial charge in [0.2, 0.25) is 0 Å². The molecule has 0 bridgehead atoms. The Labute approximate surface area is 198 Å². The van der Waals surface area contributed by atoms with E-state index in [9.17, 15) is 31.1 Å². The van der Waals surface area contributed by atoms with Gasteiger partial charge in [-0.2, -0.15) is 8.78 Å². The van der Waals surface area contributed by atoms with E-state index in [1.165, 1.54) is 0 Å². The van der Waals surface area contributed by atoms with Gasteiger partial charge in [-0.05, 0) is 18.2 Å². The van der Waals surface area contributed by atoms with Crippen LogP contribution in [0.25, 0.3) is 0 Å². The van der Waals surface area contributed by atoms with E-state index in [1.807, 2.05) is 0 Å². The zero-order valence-corrected chi connectivity index (χ0v) is 18.0. The molecule has 2 atom stereocenters. The van der Waals surface area contributed by atoms with Gasteiger partial charge in [0.15, 0.2) is 29.3 Å². The molecule has 4 rings (SSSR count). The number of aliphatic imine (C=N–C) groups is 1. The summed E-state index contributed by atoms with van der Waals surface area (Å²) in [6.45, 7) is -3.11. The molecule has 15 heteroatoms. The van der Waals surface area contributed by atoms with Gasteiger partial charge in [-0.1, -0.05) is 0 Å². The maximum atomic E-state index is 15.6. The summed E-state index contributed by atoms with van der Waals surface area (Å²) in [5.74, 6) is -8.45. The van der Waals surface area contributed by atoms with Crippen LogP contribution in [0, 0.1) is 11.6 Å². The number of nitrogens with two attached hydrogens (primary N) is 1. The number of benzene rings is 1. The Hall–Kier alpha value is -3.62. The lowest BCUT2D eigenvalue weighted by Gasteiger charge is -2.38. The lowest BCUT2D eigenvalue weighted by Crippen LogP contribution is -2.55. The van der Waals surface area contributed by atoms with Gasteiger partial charge in [0.05, 0.1) is 19.4 Å². The summed E-state index contributed by atoms with van der Waals surface area (Å²) in [7, 11) is 0. The van der Waals surface area contributed by atoms with E-state index in [4.69, 9.17) is 15.2 Å². The normalized spacial score (nSPS) is 23.6. The van der Waals surface area contributed by atoms with Crippen LogP contribution >= 0.6 is 0 Å². The number of pyridine rings is 1. The minimum atomic E-state index is -4.48. The van der Waals surface area contributed by atoms with Gasteiger partial charge < -0.3 is 25.3 Å². The molecule has 0 aliphatic carbocycles. The van der Waals surface area contributed by atoms with Crippen molar-refractivity contribution in [3.8, 4) is 5.75 Å². The van der Waals surface area contributed by atoms with Crippen molar-refractivity contribution < 1.29 is 49.7 Å². The first kappa shape index (κ1) is 25.5. The van der Waals surface area contributed by atoms with Crippen molar-refractivity contribution in [2.24, 2.45) is 10.7 Å². The van der Waals surface area contributed by atoms with Crippen LogP contribution in [0.4, 0.5) is 36.4 Å². The summed E-state index contributed by atoms with van der Waals surface area (Å²) < 4.78 is 110. The summed E-state index contributed by atoms with van der Waals surface area (Å²) >= 11 is 0. The van der Waals surface area contributed by atoms with Crippen LogP contribution in [-0.4, -0.2) is 61.4 Å². The second-order valence-electron chi connectivity index (χ2n) is 8.06. The third-order valence-corrected chi connectivity index (χ3v) is 5.58. The number of ether oxygens (including phenoxy) is 3. The zero-order chi connectivity index (χ0) is 26.3. The minimum absolute atomic E-state index is 0.0987.